The number of nitrogens with two attached hydrogens (primary N) is 2. The number of rotatable bonds is 1. The van der Waals surface area contributed by atoms with Crippen LogP contribution in [0.25, 0.3) is 10.9 Å². The van der Waals surface area contributed by atoms with E-state index in [1.54, 1.807) is 0 Å². The Morgan fingerprint density at radius 1 is 1.13 bits per heavy atom. The summed E-state index contributed by atoms with van der Waals surface area (Å²) in [5.41, 5.74) is 13.1. The molecule has 0 unspecified atom stereocenters. The molecule has 4 heteroatoms. The van der Waals surface area contributed by atoms with Crippen LogP contribution in [-0.2, 0) is 0 Å². The van der Waals surface area contributed by atoms with E-state index in [1.165, 1.54) is 0 Å². The van der Waals surface area contributed by atoms with Crippen molar-refractivity contribution in [3.05, 3.63) is 24.0 Å². The molecule has 0 saturated carbocycles. The van der Waals surface area contributed by atoms with Gasteiger partial charge in [-0.05, 0) is 12.1 Å². The van der Waals surface area contributed by atoms with Gasteiger partial charge in [-0.15, -0.1) is 0 Å². The second-order valence-corrected chi connectivity index (χ2v) is 3.87. The number of hydrogen-bond acceptors (Lipinski definition) is 4. The van der Waals surface area contributed by atoms with Gasteiger partial charge in [0.2, 0.25) is 0 Å². The van der Waals surface area contributed by atoms with Gasteiger partial charge >= 0.3 is 0 Å². The van der Waals surface area contributed by atoms with Gasteiger partial charge in [0.25, 0.3) is 0 Å². The Morgan fingerprint density at radius 2 is 1.87 bits per heavy atom. The van der Waals surface area contributed by atoms with E-state index < -0.39 is 0 Å². The maximum atomic E-state index is 5.86. The lowest BCUT2D eigenvalue weighted by molar-refractivity contribution is 0.785. The maximum Gasteiger partial charge on any atom is 0.135 e. The van der Waals surface area contributed by atoms with Crippen LogP contribution in [0.15, 0.2) is 18.2 Å². The Kier molecular flexibility index (Phi) is 2.19. The molecule has 0 aliphatic heterocycles. The lowest BCUT2D eigenvalue weighted by Gasteiger charge is -2.08. The van der Waals surface area contributed by atoms with Gasteiger partial charge in [0, 0.05) is 11.3 Å². The number of nitrogen functional groups attached to an aromatic ring is 2. The van der Waals surface area contributed by atoms with Crippen LogP contribution in [0.2, 0.25) is 0 Å². The largest absolute Gasteiger partial charge is 0.397 e. The fourth-order valence-electron chi connectivity index (χ4n) is 1.47. The lowest BCUT2D eigenvalue weighted by atomic mass is 10.1. The molecule has 0 amide bonds. The highest BCUT2D eigenvalue weighted by atomic mass is 15.0. The zero-order valence-electron chi connectivity index (χ0n) is 8.86. The van der Waals surface area contributed by atoms with Crippen molar-refractivity contribution in [2.45, 2.75) is 19.8 Å². The second-order valence-electron chi connectivity index (χ2n) is 3.87. The van der Waals surface area contributed by atoms with Crippen LogP contribution >= 0.6 is 0 Å². The fraction of sp³-hybridized carbons (Fsp3) is 0.273. The summed E-state index contributed by atoms with van der Waals surface area (Å²) in [6.07, 6.45) is 0. The molecule has 0 bridgehead atoms. The summed E-state index contributed by atoms with van der Waals surface area (Å²) < 4.78 is 0. The molecular weight excluding hydrogens is 188 g/mol. The molecule has 2 rings (SSSR count). The predicted octanol–water partition coefficient (Wildman–Crippen LogP) is 1.92. The number of aromatic nitrogens is 2. The average molecular weight is 202 g/mol. The monoisotopic (exact) mass is 202 g/mol. The fourth-order valence-corrected chi connectivity index (χ4v) is 1.47. The van der Waals surface area contributed by atoms with Crippen LogP contribution < -0.4 is 11.5 Å². The second kappa shape index (κ2) is 3.38. The van der Waals surface area contributed by atoms with Crippen LogP contribution in [0, 0.1) is 0 Å². The Hall–Kier alpha value is -1.84. The Labute approximate surface area is 88.3 Å². The van der Waals surface area contributed by atoms with Gasteiger partial charge in [-0.3, -0.25) is 0 Å². The third-order valence-corrected chi connectivity index (χ3v) is 2.32. The van der Waals surface area contributed by atoms with Crippen molar-refractivity contribution in [2.75, 3.05) is 11.5 Å². The summed E-state index contributed by atoms with van der Waals surface area (Å²) in [5.74, 6) is 1.48. The average Bonchev–Trinajstić information content (AvgIpc) is 2.19. The minimum atomic E-state index is 0.247. The molecular formula is C11H14N4. The van der Waals surface area contributed by atoms with E-state index >= 15 is 0 Å². The number of benzene rings is 1. The Morgan fingerprint density at radius 3 is 2.53 bits per heavy atom. The molecule has 1 aromatic heterocycles. The molecule has 0 atom stereocenters. The van der Waals surface area contributed by atoms with Crippen LogP contribution in [0.3, 0.4) is 0 Å². The van der Waals surface area contributed by atoms with Gasteiger partial charge in [0.15, 0.2) is 0 Å². The first-order valence-corrected chi connectivity index (χ1v) is 4.91. The smallest absolute Gasteiger partial charge is 0.135 e. The maximum absolute atomic E-state index is 5.86. The molecule has 4 nitrogen and oxygen atoms in total. The summed E-state index contributed by atoms with van der Waals surface area (Å²) in [4.78, 5) is 8.67. The number of hydrogen-bond donors (Lipinski definition) is 2. The Bertz CT molecular complexity index is 505. The first-order valence-electron chi connectivity index (χ1n) is 4.91. The van der Waals surface area contributed by atoms with E-state index in [1.807, 2.05) is 32.0 Å². The topological polar surface area (TPSA) is 77.8 Å². The standard InChI is InChI=1S/C11H14N4/c1-6(2)11-14-9-7(10(13)15-11)4-3-5-8(9)12/h3-6H,12H2,1-2H3,(H2,13,14,15). The van der Waals surface area contributed by atoms with Crippen molar-refractivity contribution in [3.63, 3.8) is 0 Å². The highest BCUT2D eigenvalue weighted by molar-refractivity contribution is 5.95. The third-order valence-electron chi connectivity index (χ3n) is 2.32. The first kappa shape index (κ1) is 9.71. The van der Waals surface area contributed by atoms with Crippen molar-refractivity contribution < 1.29 is 0 Å². The van der Waals surface area contributed by atoms with E-state index in [2.05, 4.69) is 9.97 Å². The number of fused-ring (bicyclic) bond motifs is 1. The van der Waals surface area contributed by atoms with Crippen LogP contribution in [0.4, 0.5) is 11.5 Å². The molecule has 0 aliphatic rings. The molecule has 1 heterocycles. The minimum Gasteiger partial charge on any atom is -0.397 e. The van der Waals surface area contributed by atoms with Crippen LogP contribution in [-0.4, -0.2) is 9.97 Å². The molecule has 0 aliphatic carbocycles. The van der Waals surface area contributed by atoms with Crippen molar-refractivity contribution in [1.29, 1.82) is 0 Å². The van der Waals surface area contributed by atoms with E-state index in [0.29, 0.717) is 11.5 Å². The van der Waals surface area contributed by atoms with Gasteiger partial charge in [-0.25, -0.2) is 9.97 Å². The number of para-hydroxylation sites is 1. The van der Waals surface area contributed by atoms with Gasteiger partial charge in [-0.1, -0.05) is 19.9 Å². The van der Waals surface area contributed by atoms with Crippen LogP contribution in [0.1, 0.15) is 25.6 Å². The van der Waals surface area contributed by atoms with Crippen molar-refractivity contribution in [3.8, 4) is 0 Å². The van der Waals surface area contributed by atoms with Crippen molar-refractivity contribution in [1.82, 2.24) is 9.97 Å². The predicted molar refractivity (Wildman–Crippen MR) is 62.5 cm³/mol. The first-order chi connectivity index (χ1) is 7.09. The zero-order chi connectivity index (χ0) is 11.0. The molecule has 15 heavy (non-hydrogen) atoms. The molecule has 0 radical (unpaired) electrons. The molecule has 78 valence electrons. The SMILES string of the molecule is CC(C)c1nc(N)c2cccc(N)c2n1. The molecule has 0 spiro atoms. The normalized spacial score (nSPS) is 11.1. The van der Waals surface area contributed by atoms with Gasteiger partial charge in [0.1, 0.15) is 11.6 Å². The zero-order valence-corrected chi connectivity index (χ0v) is 8.86. The van der Waals surface area contributed by atoms with E-state index in [0.717, 1.165) is 16.7 Å². The van der Waals surface area contributed by atoms with Gasteiger partial charge < -0.3 is 11.5 Å². The molecule has 4 N–H and O–H groups in total. The summed E-state index contributed by atoms with van der Waals surface area (Å²) in [5, 5.41) is 0.819. The highest BCUT2D eigenvalue weighted by Gasteiger charge is 2.09. The Balaban J connectivity index is 2.80. The molecule has 1 aromatic carbocycles. The summed E-state index contributed by atoms with van der Waals surface area (Å²) >= 11 is 0. The van der Waals surface area contributed by atoms with Gasteiger partial charge in [0.05, 0.1) is 11.2 Å². The summed E-state index contributed by atoms with van der Waals surface area (Å²) in [7, 11) is 0. The molecule has 0 fully saturated rings. The number of anilines is 2. The van der Waals surface area contributed by atoms with Crippen LogP contribution in [0.5, 0.6) is 0 Å². The lowest BCUT2D eigenvalue weighted by Crippen LogP contribution is -2.03. The molecule has 0 saturated heterocycles. The van der Waals surface area contributed by atoms with E-state index in [-0.39, 0.29) is 5.92 Å². The summed E-state index contributed by atoms with van der Waals surface area (Å²) in [6, 6.07) is 5.55. The quantitative estimate of drug-likeness (QED) is 0.692. The van der Waals surface area contributed by atoms with Crippen molar-refractivity contribution >= 4 is 22.4 Å². The summed E-state index contributed by atoms with van der Waals surface area (Å²) in [6.45, 7) is 4.06. The van der Waals surface area contributed by atoms with Crippen molar-refractivity contribution in [2.24, 2.45) is 0 Å². The van der Waals surface area contributed by atoms with E-state index in [4.69, 9.17) is 11.5 Å². The third kappa shape index (κ3) is 1.58. The molecule has 2 aromatic rings. The van der Waals surface area contributed by atoms with E-state index in [9.17, 15) is 0 Å². The number of nitrogens with zero attached hydrogens (tertiary/aromatic N) is 2. The minimum absolute atomic E-state index is 0.247. The highest BCUT2D eigenvalue weighted by Crippen LogP contribution is 2.24. The van der Waals surface area contributed by atoms with Gasteiger partial charge in [-0.2, -0.15) is 0 Å².